The third-order valence-electron chi connectivity index (χ3n) is 1.50. The van der Waals surface area contributed by atoms with Crippen LogP contribution in [-0.4, -0.2) is 20.8 Å². The van der Waals surface area contributed by atoms with E-state index in [0.717, 1.165) is 10.9 Å². The molecular formula is C6H6N4O. The Kier molecular flexibility index (Phi) is 1.00. The number of fused-ring (bicyclic) bond motifs is 1. The van der Waals surface area contributed by atoms with Crippen LogP contribution in [0.15, 0.2) is 18.6 Å². The molecule has 0 aliphatic rings. The van der Waals surface area contributed by atoms with Crippen molar-refractivity contribution in [3.05, 3.63) is 18.6 Å². The Labute approximate surface area is 61.8 Å². The molecule has 0 aliphatic heterocycles. The maximum Gasteiger partial charge on any atom is 0.322 e. The number of nitrogens with two attached hydrogens (primary N) is 1. The van der Waals surface area contributed by atoms with E-state index >= 15 is 0 Å². The topological polar surface area (TPSA) is 76.7 Å². The average molecular weight is 150 g/mol. The maximum atomic E-state index is 10.6. The molecule has 1 amide bonds. The van der Waals surface area contributed by atoms with Crippen molar-refractivity contribution >= 4 is 16.9 Å². The lowest BCUT2D eigenvalue weighted by molar-refractivity contribution is 0.250. The second-order valence-corrected chi connectivity index (χ2v) is 2.24. The van der Waals surface area contributed by atoms with Gasteiger partial charge in [-0.2, -0.15) is 5.10 Å². The van der Waals surface area contributed by atoms with Gasteiger partial charge < -0.3 is 5.73 Å². The summed E-state index contributed by atoms with van der Waals surface area (Å²) in [5.41, 5.74) is 5.84. The normalized spacial score (nSPS) is 10.5. The van der Waals surface area contributed by atoms with E-state index in [1.165, 1.54) is 4.57 Å². The summed E-state index contributed by atoms with van der Waals surface area (Å²) in [5, 5.41) is 7.37. The van der Waals surface area contributed by atoms with E-state index in [4.69, 9.17) is 5.73 Å². The molecule has 0 atom stereocenters. The Morgan fingerprint density at radius 1 is 1.64 bits per heavy atom. The standard InChI is InChI=1S/C6H6N4O/c7-6(11)10-2-4-1-8-9-5(4)3-10/h1-3,9H,(H2,7,11). The third-order valence-corrected chi connectivity index (χ3v) is 1.50. The van der Waals surface area contributed by atoms with E-state index < -0.39 is 6.03 Å². The zero-order chi connectivity index (χ0) is 7.84. The van der Waals surface area contributed by atoms with Gasteiger partial charge in [0.1, 0.15) is 0 Å². The van der Waals surface area contributed by atoms with Gasteiger partial charge in [0, 0.05) is 17.8 Å². The van der Waals surface area contributed by atoms with E-state index in [-0.39, 0.29) is 0 Å². The van der Waals surface area contributed by atoms with Crippen LogP contribution in [0.2, 0.25) is 0 Å². The van der Waals surface area contributed by atoms with Crippen LogP contribution >= 0.6 is 0 Å². The second-order valence-electron chi connectivity index (χ2n) is 2.24. The molecule has 0 saturated carbocycles. The highest BCUT2D eigenvalue weighted by molar-refractivity contribution is 5.85. The molecule has 0 fully saturated rings. The minimum atomic E-state index is -0.491. The van der Waals surface area contributed by atoms with Crippen LogP contribution in [0.5, 0.6) is 0 Å². The molecular weight excluding hydrogens is 144 g/mol. The van der Waals surface area contributed by atoms with Crippen LogP contribution < -0.4 is 5.73 Å². The summed E-state index contributed by atoms with van der Waals surface area (Å²) in [5.74, 6) is 0. The number of carbonyl (C=O) groups excluding carboxylic acids is 1. The molecule has 2 heterocycles. The Morgan fingerprint density at radius 2 is 2.45 bits per heavy atom. The Hall–Kier alpha value is -1.78. The zero-order valence-corrected chi connectivity index (χ0v) is 5.61. The number of H-pyrrole nitrogens is 1. The molecule has 0 aliphatic carbocycles. The van der Waals surface area contributed by atoms with Gasteiger partial charge in [0.25, 0.3) is 0 Å². The lowest BCUT2D eigenvalue weighted by atomic mass is 10.4. The summed E-state index contributed by atoms with van der Waals surface area (Å²) in [6.07, 6.45) is 4.86. The number of carbonyl (C=O) groups is 1. The summed E-state index contributed by atoms with van der Waals surface area (Å²) in [6, 6.07) is -0.491. The van der Waals surface area contributed by atoms with Crippen molar-refractivity contribution in [2.75, 3.05) is 0 Å². The first kappa shape index (κ1) is 5.96. The molecule has 0 unspecified atom stereocenters. The monoisotopic (exact) mass is 150 g/mol. The minimum Gasteiger partial charge on any atom is -0.351 e. The minimum absolute atomic E-state index is 0.491. The number of aromatic amines is 1. The number of rotatable bonds is 0. The number of amides is 1. The summed E-state index contributed by atoms with van der Waals surface area (Å²) in [4.78, 5) is 10.6. The smallest absolute Gasteiger partial charge is 0.322 e. The van der Waals surface area contributed by atoms with Crippen molar-refractivity contribution in [2.45, 2.75) is 0 Å². The van der Waals surface area contributed by atoms with Gasteiger partial charge in [0.15, 0.2) is 0 Å². The van der Waals surface area contributed by atoms with E-state index in [2.05, 4.69) is 10.2 Å². The quantitative estimate of drug-likeness (QED) is 0.566. The van der Waals surface area contributed by atoms with Crippen LogP contribution in [0.4, 0.5) is 4.79 Å². The fraction of sp³-hybridized carbons (Fsp3) is 0. The van der Waals surface area contributed by atoms with Gasteiger partial charge in [-0.3, -0.25) is 9.67 Å². The molecule has 3 N–H and O–H groups in total. The van der Waals surface area contributed by atoms with Crippen molar-refractivity contribution in [3.8, 4) is 0 Å². The van der Waals surface area contributed by atoms with Crippen LogP contribution in [0, 0.1) is 0 Å². The maximum absolute atomic E-state index is 10.6. The van der Waals surface area contributed by atoms with E-state index in [9.17, 15) is 4.79 Å². The lowest BCUT2D eigenvalue weighted by Crippen LogP contribution is -2.17. The molecule has 2 aromatic rings. The van der Waals surface area contributed by atoms with Crippen LogP contribution in [-0.2, 0) is 0 Å². The van der Waals surface area contributed by atoms with Gasteiger partial charge in [0.05, 0.1) is 11.7 Å². The van der Waals surface area contributed by atoms with Crippen LogP contribution in [0.25, 0.3) is 10.9 Å². The first-order chi connectivity index (χ1) is 5.27. The van der Waals surface area contributed by atoms with Gasteiger partial charge in [-0.05, 0) is 0 Å². The largest absolute Gasteiger partial charge is 0.351 e. The van der Waals surface area contributed by atoms with Crippen molar-refractivity contribution in [1.82, 2.24) is 14.8 Å². The molecule has 0 spiro atoms. The molecule has 2 rings (SSSR count). The van der Waals surface area contributed by atoms with Crippen molar-refractivity contribution in [1.29, 1.82) is 0 Å². The molecule has 56 valence electrons. The number of hydrogen-bond acceptors (Lipinski definition) is 2. The molecule has 0 bridgehead atoms. The molecule has 0 aromatic carbocycles. The predicted octanol–water partition coefficient (Wildman–Crippen LogP) is 0.291. The molecule has 0 saturated heterocycles. The van der Waals surface area contributed by atoms with Gasteiger partial charge >= 0.3 is 6.03 Å². The Bertz CT molecular complexity index is 371. The van der Waals surface area contributed by atoms with Crippen LogP contribution in [0.1, 0.15) is 0 Å². The van der Waals surface area contributed by atoms with E-state index in [0.29, 0.717) is 0 Å². The molecule has 5 heteroatoms. The first-order valence-electron chi connectivity index (χ1n) is 3.08. The highest BCUT2D eigenvalue weighted by Gasteiger charge is 2.02. The van der Waals surface area contributed by atoms with Crippen LogP contribution in [0.3, 0.4) is 0 Å². The molecule has 0 radical (unpaired) electrons. The SMILES string of the molecule is NC(=O)n1cc2cn[nH]c2c1. The Balaban J connectivity index is 2.67. The number of primary amides is 1. The lowest BCUT2D eigenvalue weighted by Gasteiger charge is -1.89. The van der Waals surface area contributed by atoms with Gasteiger partial charge in [-0.15, -0.1) is 0 Å². The summed E-state index contributed by atoms with van der Waals surface area (Å²) in [7, 11) is 0. The average Bonchev–Trinajstić information content (AvgIpc) is 2.40. The number of hydrogen-bond donors (Lipinski definition) is 2. The van der Waals surface area contributed by atoms with Gasteiger partial charge in [-0.25, -0.2) is 4.79 Å². The fourth-order valence-electron chi connectivity index (χ4n) is 0.965. The van der Waals surface area contributed by atoms with Crippen molar-refractivity contribution in [3.63, 3.8) is 0 Å². The second kappa shape index (κ2) is 1.85. The van der Waals surface area contributed by atoms with E-state index in [1.54, 1.807) is 18.6 Å². The molecule has 11 heavy (non-hydrogen) atoms. The highest BCUT2D eigenvalue weighted by atomic mass is 16.2. The number of aromatic nitrogens is 3. The fourth-order valence-corrected chi connectivity index (χ4v) is 0.965. The number of nitrogens with zero attached hydrogens (tertiary/aromatic N) is 2. The molecule has 2 aromatic heterocycles. The summed E-state index contributed by atoms with van der Waals surface area (Å²) < 4.78 is 1.31. The van der Waals surface area contributed by atoms with Gasteiger partial charge in [0.2, 0.25) is 0 Å². The first-order valence-corrected chi connectivity index (χ1v) is 3.08. The zero-order valence-electron chi connectivity index (χ0n) is 5.61. The third kappa shape index (κ3) is 0.778. The highest BCUT2D eigenvalue weighted by Crippen LogP contribution is 2.09. The summed E-state index contributed by atoms with van der Waals surface area (Å²) in [6.45, 7) is 0. The number of nitrogens with one attached hydrogen (secondary N) is 1. The van der Waals surface area contributed by atoms with Gasteiger partial charge in [-0.1, -0.05) is 0 Å². The van der Waals surface area contributed by atoms with Crippen molar-refractivity contribution in [2.24, 2.45) is 5.73 Å². The molecule has 5 nitrogen and oxygen atoms in total. The predicted molar refractivity (Wildman–Crippen MR) is 39.1 cm³/mol. The van der Waals surface area contributed by atoms with E-state index in [1.807, 2.05) is 0 Å². The summed E-state index contributed by atoms with van der Waals surface area (Å²) >= 11 is 0. The van der Waals surface area contributed by atoms with Crippen molar-refractivity contribution < 1.29 is 4.79 Å². The Morgan fingerprint density at radius 3 is 3.09 bits per heavy atom.